The predicted molar refractivity (Wildman–Crippen MR) is 45.9 cm³/mol. The number of hydrogen-bond donors (Lipinski definition) is 1. The molecule has 1 aliphatic rings. The zero-order valence-corrected chi connectivity index (χ0v) is 7.01. The van der Waals surface area contributed by atoms with Gasteiger partial charge in [0, 0.05) is 6.20 Å². The van der Waals surface area contributed by atoms with Gasteiger partial charge in [-0.3, -0.25) is 0 Å². The monoisotopic (exact) mass is 175 g/mol. The Morgan fingerprint density at radius 3 is 3.00 bits per heavy atom. The van der Waals surface area contributed by atoms with Gasteiger partial charge in [0.15, 0.2) is 11.5 Å². The molecular formula is C8H9N5. The first-order chi connectivity index (χ1) is 6.30. The highest BCUT2D eigenvalue weighted by Gasteiger charge is 2.44. The van der Waals surface area contributed by atoms with Crippen LogP contribution in [-0.4, -0.2) is 19.8 Å². The molecule has 0 bridgehead atoms. The van der Waals surface area contributed by atoms with Crippen LogP contribution >= 0.6 is 0 Å². The summed E-state index contributed by atoms with van der Waals surface area (Å²) in [7, 11) is 0. The van der Waals surface area contributed by atoms with Gasteiger partial charge in [0.1, 0.15) is 0 Å². The molecule has 0 aliphatic heterocycles. The normalized spacial score (nSPS) is 19.2. The summed E-state index contributed by atoms with van der Waals surface area (Å²) in [5.41, 5.74) is 6.50. The van der Waals surface area contributed by atoms with Crippen molar-refractivity contribution in [3.8, 4) is 0 Å². The van der Waals surface area contributed by atoms with Crippen molar-refractivity contribution in [1.82, 2.24) is 19.8 Å². The molecule has 2 heterocycles. The van der Waals surface area contributed by atoms with Gasteiger partial charge in [0.05, 0.1) is 5.54 Å². The third-order valence-corrected chi connectivity index (χ3v) is 2.41. The van der Waals surface area contributed by atoms with Crippen molar-refractivity contribution in [2.45, 2.75) is 18.4 Å². The van der Waals surface area contributed by atoms with Crippen LogP contribution in [0.2, 0.25) is 0 Å². The molecule has 2 aromatic heterocycles. The molecule has 13 heavy (non-hydrogen) atoms. The Balaban J connectivity index is 2.30. The van der Waals surface area contributed by atoms with Crippen LogP contribution in [0, 0.1) is 0 Å². The largest absolute Gasteiger partial charge is 0.319 e. The Labute approximate surface area is 74.6 Å². The number of hydrogen-bond acceptors (Lipinski definition) is 4. The fourth-order valence-electron chi connectivity index (χ4n) is 1.41. The van der Waals surface area contributed by atoms with Crippen LogP contribution in [0.1, 0.15) is 18.7 Å². The molecule has 0 aromatic carbocycles. The lowest BCUT2D eigenvalue weighted by molar-refractivity contribution is 0.638. The molecule has 3 rings (SSSR count). The summed E-state index contributed by atoms with van der Waals surface area (Å²) in [5, 5.41) is 12.2. The first-order valence-electron chi connectivity index (χ1n) is 4.25. The molecular weight excluding hydrogens is 166 g/mol. The SMILES string of the molecule is NC1(c2nnc3cccnn23)CC1. The van der Waals surface area contributed by atoms with E-state index in [1.807, 2.05) is 12.1 Å². The highest BCUT2D eigenvalue weighted by Crippen LogP contribution is 2.41. The fraction of sp³-hybridized carbons (Fsp3) is 0.375. The van der Waals surface area contributed by atoms with Crippen molar-refractivity contribution in [1.29, 1.82) is 0 Å². The lowest BCUT2D eigenvalue weighted by atomic mass is 10.3. The maximum atomic E-state index is 6.02. The summed E-state index contributed by atoms with van der Waals surface area (Å²) >= 11 is 0. The molecule has 0 unspecified atom stereocenters. The van der Waals surface area contributed by atoms with Crippen LogP contribution in [0.25, 0.3) is 5.65 Å². The van der Waals surface area contributed by atoms with Crippen molar-refractivity contribution in [2.75, 3.05) is 0 Å². The van der Waals surface area contributed by atoms with E-state index < -0.39 is 0 Å². The van der Waals surface area contributed by atoms with Crippen LogP contribution < -0.4 is 5.73 Å². The van der Waals surface area contributed by atoms with E-state index in [0.717, 1.165) is 24.3 Å². The first kappa shape index (κ1) is 6.97. The third-order valence-electron chi connectivity index (χ3n) is 2.41. The zero-order valence-electron chi connectivity index (χ0n) is 7.01. The molecule has 0 saturated heterocycles. The van der Waals surface area contributed by atoms with Crippen LogP contribution in [-0.2, 0) is 5.54 Å². The van der Waals surface area contributed by atoms with Gasteiger partial charge in [-0.25, -0.2) is 0 Å². The van der Waals surface area contributed by atoms with Gasteiger partial charge in [-0.1, -0.05) is 0 Å². The van der Waals surface area contributed by atoms with Gasteiger partial charge in [-0.15, -0.1) is 10.2 Å². The molecule has 1 aliphatic carbocycles. The number of nitrogens with zero attached hydrogens (tertiary/aromatic N) is 4. The summed E-state index contributed by atoms with van der Waals surface area (Å²) in [6.45, 7) is 0. The molecule has 1 saturated carbocycles. The zero-order chi connectivity index (χ0) is 8.89. The van der Waals surface area contributed by atoms with Gasteiger partial charge < -0.3 is 5.73 Å². The number of aromatic nitrogens is 4. The van der Waals surface area contributed by atoms with Crippen LogP contribution in [0.3, 0.4) is 0 Å². The summed E-state index contributed by atoms with van der Waals surface area (Å²) in [5.74, 6) is 0.781. The quantitative estimate of drug-likeness (QED) is 0.666. The Kier molecular flexibility index (Phi) is 1.10. The third kappa shape index (κ3) is 0.874. The Bertz CT molecular complexity index is 456. The smallest absolute Gasteiger partial charge is 0.177 e. The van der Waals surface area contributed by atoms with Crippen molar-refractivity contribution in [3.63, 3.8) is 0 Å². The maximum Gasteiger partial charge on any atom is 0.177 e. The standard InChI is InChI=1S/C8H9N5/c9-8(3-4-8)7-12-11-6-2-1-5-10-13(6)7/h1-2,5H,3-4,9H2. The summed E-state index contributed by atoms with van der Waals surface area (Å²) in [6.07, 6.45) is 3.67. The topological polar surface area (TPSA) is 69.1 Å². The summed E-state index contributed by atoms with van der Waals surface area (Å²) in [6, 6.07) is 3.71. The minimum absolute atomic E-state index is 0.270. The highest BCUT2D eigenvalue weighted by molar-refractivity contribution is 5.37. The maximum absolute atomic E-state index is 6.02. The van der Waals surface area contributed by atoms with Crippen molar-refractivity contribution in [2.24, 2.45) is 5.73 Å². The van der Waals surface area contributed by atoms with E-state index >= 15 is 0 Å². The molecule has 5 nitrogen and oxygen atoms in total. The van der Waals surface area contributed by atoms with E-state index in [4.69, 9.17) is 5.73 Å². The van der Waals surface area contributed by atoms with Crippen molar-refractivity contribution >= 4 is 5.65 Å². The molecule has 0 amide bonds. The summed E-state index contributed by atoms with van der Waals surface area (Å²) in [4.78, 5) is 0. The molecule has 5 heteroatoms. The fourth-order valence-corrected chi connectivity index (χ4v) is 1.41. The summed E-state index contributed by atoms with van der Waals surface area (Å²) < 4.78 is 1.72. The second-order valence-corrected chi connectivity index (χ2v) is 3.47. The van der Waals surface area contributed by atoms with E-state index in [1.54, 1.807) is 10.7 Å². The van der Waals surface area contributed by atoms with Gasteiger partial charge in [0.25, 0.3) is 0 Å². The predicted octanol–water partition coefficient (Wildman–Crippen LogP) is 0.0721. The lowest BCUT2D eigenvalue weighted by Crippen LogP contribution is -2.22. The Morgan fingerprint density at radius 1 is 1.38 bits per heavy atom. The highest BCUT2D eigenvalue weighted by atomic mass is 15.4. The van der Waals surface area contributed by atoms with Gasteiger partial charge in [-0.2, -0.15) is 9.61 Å². The molecule has 66 valence electrons. The van der Waals surface area contributed by atoms with E-state index in [0.29, 0.717) is 0 Å². The molecule has 0 radical (unpaired) electrons. The Hall–Kier alpha value is -1.49. The van der Waals surface area contributed by atoms with Gasteiger partial charge in [0.2, 0.25) is 0 Å². The van der Waals surface area contributed by atoms with Gasteiger partial charge >= 0.3 is 0 Å². The average Bonchev–Trinajstić information content (AvgIpc) is 2.76. The molecule has 2 N–H and O–H groups in total. The van der Waals surface area contributed by atoms with Crippen molar-refractivity contribution in [3.05, 3.63) is 24.2 Å². The van der Waals surface area contributed by atoms with Gasteiger partial charge in [-0.05, 0) is 25.0 Å². The van der Waals surface area contributed by atoms with Crippen LogP contribution in [0.15, 0.2) is 18.3 Å². The van der Waals surface area contributed by atoms with E-state index in [2.05, 4.69) is 15.3 Å². The van der Waals surface area contributed by atoms with Crippen molar-refractivity contribution < 1.29 is 0 Å². The number of rotatable bonds is 1. The first-order valence-corrected chi connectivity index (χ1v) is 4.25. The molecule has 0 spiro atoms. The molecule has 1 fully saturated rings. The minimum atomic E-state index is -0.270. The molecule has 0 atom stereocenters. The number of fused-ring (bicyclic) bond motifs is 1. The minimum Gasteiger partial charge on any atom is -0.319 e. The molecule has 2 aromatic rings. The second kappa shape index (κ2) is 2.05. The van der Waals surface area contributed by atoms with Crippen LogP contribution in [0.5, 0.6) is 0 Å². The van der Waals surface area contributed by atoms with Crippen LogP contribution in [0.4, 0.5) is 0 Å². The lowest BCUT2D eigenvalue weighted by Gasteiger charge is -2.03. The van der Waals surface area contributed by atoms with E-state index in [9.17, 15) is 0 Å². The number of nitrogens with two attached hydrogens (primary N) is 1. The van der Waals surface area contributed by atoms with E-state index in [1.165, 1.54) is 0 Å². The second-order valence-electron chi connectivity index (χ2n) is 3.47. The average molecular weight is 175 g/mol. The Morgan fingerprint density at radius 2 is 2.23 bits per heavy atom. The van der Waals surface area contributed by atoms with E-state index in [-0.39, 0.29) is 5.54 Å².